The van der Waals surface area contributed by atoms with Gasteiger partial charge in [0.05, 0.1) is 11.4 Å². The number of aryl methyl sites for hydroxylation is 3. The number of rotatable bonds is 2. The molecule has 4 heteroatoms. The highest BCUT2D eigenvalue weighted by atomic mass is 79.9. The third-order valence-corrected chi connectivity index (χ3v) is 5.11. The first-order valence-electron chi connectivity index (χ1n) is 7.91. The van der Waals surface area contributed by atoms with Gasteiger partial charge in [0.2, 0.25) is 5.78 Å². The van der Waals surface area contributed by atoms with Gasteiger partial charge in [-0.3, -0.25) is 4.40 Å². The molecule has 0 aliphatic heterocycles. The molecule has 2 aromatic carbocycles. The van der Waals surface area contributed by atoms with E-state index in [9.17, 15) is 0 Å². The molecule has 2 heterocycles. The van der Waals surface area contributed by atoms with Crippen LogP contribution >= 0.6 is 15.9 Å². The molecule has 4 rings (SSSR count). The first-order chi connectivity index (χ1) is 11.5. The van der Waals surface area contributed by atoms with Crippen molar-refractivity contribution < 1.29 is 0 Å². The van der Waals surface area contributed by atoms with Crippen molar-refractivity contribution in [2.45, 2.75) is 13.8 Å². The Hall–Kier alpha value is -2.33. The highest BCUT2D eigenvalue weighted by Gasteiger charge is 2.12. The van der Waals surface area contributed by atoms with E-state index >= 15 is 0 Å². The first kappa shape index (κ1) is 15.2. The summed E-state index contributed by atoms with van der Waals surface area (Å²) < 4.78 is 5.32. The lowest BCUT2D eigenvalue weighted by Crippen LogP contribution is -1.93. The maximum Gasteiger partial charge on any atom is 0.214 e. The van der Waals surface area contributed by atoms with Gasteiger partial charge in [-0.1, -0.05) is 40.2 Å². The Bertz CT molecular complexity index is 1040. The number of hydrogen-bond acceptors (Lipinski definition) is 1. The van der Waals surface area contributed by atoms with Crippen molar-refractivity contribution >= 4 is 21.7 Å². The van der Waals surface area contributed by atoms with E-state index in [0.717, 1.165) is 21.5 Å². The lowest BCUT2D eigenvalue weighted by Gasteiger charge is -2.06. The molecule has 4 aromatic rings. The molecule has 0 spiro atoms. The van der Waals surface area contributed by atoms with Crippen molar-refractivity contribution in [1.82, 2.24) is 14.0 Å². The molecule has 24 heavy (non-hydrogen) atoms. The van der Waals surface area contributed by atoms with E-state index in [1.54, 1.807) is 0 Å². The predicted octanol–water partition coefficient (Wildman–Crippen LogP) is 5.39. The van der Waals surface area contributed by atoms with E-state index in [2.05, 4.69) is 88.5 Å². The molecular formula is C20H18BrN3. The smallest absolute Gasteiger partial charge is 0.214 e. The molecule has 0 N–H and O–H groups in total. The monoisotopic (exact) mass is 379 g/mol. The van der Waals surface area contributed by atoms with E-state index in [1.807, 2.05) is 12.1 Å². The van der Waals surface area contributed by atoms with Crippen LogP contribution in [0.1, 0.15) is 11.1 Å². The van der Waals surface area contributed by atoms with E-state index in [1.165, 1.54) is 22.4 Å². The quantitative estimate of drug-likeness (QED) is 0.457. The molecule has 3 nitrogen and oxygen atoms in total. The van der Waals surface area contributed by atoms with Gasteiger partial charge >= 0.3 is 0 Å². The van der Waals surface area contributed by atoms with Crippen LogP contribution in [-0.4, -0.2) is 14.0 Å². The number of imidazole rings is 2. The molecule has 0 saturated carbocycles. The van der Waals surface area contributed by atoms with Crippen LogP contribution in [0.25, 0.3) is 28.3 Å². The van der Waals surface area contributed by atoms with Gasteiger partial charge in [0, 0.05) is 35.0 Å². The zero-order valence-corrected chi connectivity index (χ0v) is 15.5. The minimum Gasteiger partial charge on any atom is -0.313 e. The summed E-state index contributed by atoms with van der Waals surface area (Å²) >= 11 is 3.47. The molecule has 0 fully saturated rings. The average Bonchev–Trinajstić information content (AvgIpc) is 3.11. The molecule has 0 saturated heterocycles. The van der Waals surface area contributed by atoms with Crippen LogP contribution in [0.2, 0.25) is 0 Å². The standard InChI is InChI=1S/C20H18BrN3/c1-13-4-5-16(10-14(13)2)19-12-24-11-18(22-20(24)23(19)3)15-6-8-17(21)9-7-15/h4-12H,1-3H3. The van der Waals surface area contributed by atoms with Crippen molar-refractivity contribution in [3.8, 4) is 22.5 Å². The Morgan fingerprint density at radius 2 is 1.58 bits per heavy atom. The highest BCUT2D eigenvalue weighted by molar-refractivity contribution is 9.10. The molecule has 0 amide bonds. The topological polar surface area (TPSA) is 22.2 Å². The molecule has 0 aliphatic carbocycles. The summed E-state index contributed by atoms with van der Waals surface area (Å²) in [4.78, 5) is 4.81. The fraction of sp³-hybridized carbons (Fsp3) is 0.150. The summed E-state index contributed by atoms with van der Waals surface area (Å²) in [6.07, 6.45) is 4.23. The zero-order chi connectivity index (χ0) is 16.8. The van der Waals surface area contributed by atoms with Gasteiger partial charge in [0.25, 0.3) is 0 Å². The van der Waals surface area contributed by atoms with Gasteiger partial charge in [0.15, 0.2) is 0 Å². The molecule has 120 valence electrons. The molecule has 0 unspecified atom stereocenters. The Morgan fingerprint density at radius 3 is 2.25 bits per heavy atom. The number of halogens is 1. The van der Waals surface area contributed by atoms with Gasteiger partial charge in [-0.25, -0.2) is 4.98 Å². The molecule has 0 radical (unpaired) electrons. The third-order valence-electron chi connectivity index (χ3n) is 4.58. The largest absolute Gasteiger partial charge is 0.313 e. The van der Waals surface area contributed by atoms with E-state index < -0.39 is 0 Å². The second kappa shape index (κ2) is 5.64. The van der Waals surface area contributed by atoms with Crippen molar-refractivity contribution in [1.29, 1.82) is 0 Å². The summed E-state index contributed by atoms with van der Waals surface area (Å²) in [6, 6.07) is 14.8. The van der Waals surface area contributed by atoms with Crippen LogP contribution in [0.15, 0.2) is 59.3 Å². The Labute approximate surface area is 149 Å². The molecule has 0 bridgehead atoms. The van der Waals surface area contributed by atoms with Crippen molar-refractivity contribution in [2.24, 2.45) is 7.05 Å². The van der Waals surface area contributed by atoms with E-state index in [4.69, 9.17) is 4.98 Å². The summed E-state index contributed by atoms with van der Waals surface area (Å²) in [5.41, 5.74) is 7.12. The SMILES string of the molecule is Cc1ccc(-c2cn3cc(-c4ccc(Br)cc4)nc3n2C)cc1C. The van der Waals surface area contributed by atoms with Gasteiger partial charge in [-0.2, -0.15) is 0 Å². The first-order valence-corrected chi connectivity index (χ1v) is 8.70. The van der Waals surface area contributed by atoms with Crippen molar-refractivity contribution in [2.75, 3.05) is 0 Å². The number of benzene rings is 2. The average molecular weight is 380 g/mol. The van der Waals surface area contributed by atoms with Crippen molar-refractivity contribution in [3.05, 3.63) is 70.5 Å². The van der Waals surface area contributed by atoms with E-state index in [0.29, 0.717) is 0 Å². The van der Waals surface area contributed by atoms with Gasteiger partial charge in [-0.15, -0.1) is 0 Å². The fourth-order valence-corrected chi connectivity index (χ4v) is 3.25. The van der Waals surface area contributed by atoms with Crippen LogP contribution < -0.4 is 0 Å². The summed E-state index contributed by atoms with van der Waals surface area (Å²) in [7, 11) is 2.07. The lowest BCUT2D eigenvalue weighted by atomic mass is 10.0. The van der Waals surface area contributed by atoms with Crippen LogP contribution in [0.4, 0.5) is 0 Å². The van der Waals surface area contributed by atoms with Gasteiger partial charge in [0.1, 0.15) is 0 Å². The van der Waals surface area contributed by atoms with Gasteiger partial charge in [-0.05, 0) is 43.2 Å². The molecule has 0 atom stereocenters. The van der Waals surface area contributed by atoms with Gasteiger partial charge < -0.3 is 4.57 Å². The summed E-state index contributed by atoms with van der Waals surface area (Å²) in [6.45, 7) is 4.29. The Balaban J connectivity index is 1.80. The minimum absolute atomic E-state index is 0.946. The number of nitrogens with zero attached hydrogens (tertiary/aromatic N) is 3. The Kier molecular flexibility index (Phi) is 3.57. The maximum absolute atomic E-state index is 4.81. The number of hydrogen-bond donors (Lipinski definition) is 0. The van der Waals surface area contributed by atoms with Crippen LogP contribution in [0.5, 0.6) is 0 Å². The normalized spacial score (nSPS) is 11.3. The fourth-order valence-electron chi connectivity index (χ4n) is 2.98. The van der Waals surface area contributed by atoms with Crippen LogP contribution in [0.3, 0.4) is 0 Å². The minimum atomic E-state index is 0.946. The second-order valence-corrected chi connectivity index (χ2v) is 7.13. The molecule has 0 aliphatic rings. The Morgan fingerprint density at radius 1 is 0.875 bits per heavy atom. The number of aromatic nitrogens is 3. The third kappa shape index (κ3) is 2.47. The molecular weight excluding hydrogens is 362 g/mol. The highest BCUT2D eigenvalue weighted by Crippen LogP contribution is 2.27. The molecule has 2 aromatic heterocycles. The van der Waals surface area contributed by atoms with Crippen LogP contribution in [-0.2, 0) is 7.05 Å². The predicted molar refractivity (Wildman–Crippen MR) is 102 cm³/mol. The lowest BCUT2D eigenvalue weighted by molar-refractivity contribution is 0.945. The van der Waals surface area contributed by atoms with Crippen molar-refractivity contribution in [3.63, 3.8) is 0 Å². The summed E-state index contributed by atoms with van der Waals surface area (Å²) in [5.74, 6) is 0.946. The second-order valence-electron chi connectivity index (χ2n) is 6.21. The van der Waals surface area contributed by atoms with E-state index in [-0.39, 0.29) is 0 Å². The summed E-state index contributed by atoms with van der Waals surface area (Å²) in [5, 5.41) is 0. The maximum atomic E-state index is 4.81. The zero-order valence-electron chi connectivity index (χ0n) is 13.9. The number of fused-ring (bicyclic) bond motifs is 1. The van der Waals surface area contributed by atoms with Crippen LogP contribution in [0, 0.1) is 13.8 Å².